The predicted octanol–water partition coefficient (Wildman–Crippen LogP) is 1.93. The number of hydrogen-bond donors (Lipinski definition) is 2. The molecule has 0 aliphatic carbocycles. The molecule has 6 nitrogen and oxygen atoms in total. The molecule has 2 aromatic heterocycles. The van der Waals surface area contributed by atoms with E-state index >= 15 is 0 Å². The van der Waals surface area contributed by atoms with Gasteiger partial charge in [-0.1, -0.05) is 0 Å². The van der Waals surface area contributed by atoms with Crippen LogP contribution >= 0.6 is 0 Å². The number of nitrogens with one attached hydrogen (secondary N) is 1. The van der Waals surface area contributed by atoms with Crippen molar-refractivity contribution < 1.29 is 19.1 Å². The standard InChI is InChI=1S/C12H10N2O4/c1-7-2-9(6-18-7)11(15)14-10-3-8(12(16)17)4-13-5-10/h2-6H,1H3,(H,14,15)(H,16,17). The molecule has 2 heterocycles. The van der Waals surface area contributed by atoms with Gasteiger partial charge in [0.1, 0.15) is 12.0 Å². The van der Waals surface area contributed by atoms with Crippen molar-refractivity contribution in [3.63, 3.8) is 0 Å². The Bertz CT molecular complexity index is 604. The topological polar surface area (TPSA) is 92.4 Å². The number of amides is 1. The third-order valence-electron chi connectivity index (χ3n) is 2.24. The lowest BCUT2D eigenvalue weighted by Crippen LogP contribution is -2.11. The number of rotatable bonds is 3. The Morgan fingerprint density at radius 3 is 2.67 bits per heavy atom. The number of furan rings is 1. The van der Waals surface area contributed by atoms with Crippen molar-refractivity contribution in [3.8, 4) is 0 Å². The highest BCUT2D eigenvalue weighted by molar-refractivity contribution is 6.04. The van der Waals surface area contributed by atoms with Crippen LogP contribution in [0.15, 0.2) is 35.2 Å². The summed E-state index contributed by atoms with van der Waals surface area (Å²) >= 11 is 0. The molecule has 18 heavy (non-hydrogen) atoms. The number of carbonyl (C=O) groups is 2. The summed E-state index contributed by atoms with van der Waals surface area (Å²) < 4.78 is 5.01. The number of aromatic nitrogens is 1. The summed E-state index contributed by atoms with van der Waals surface area (Å²) in [7, 11) is 0. The Kier molecular flexibility index (Phi) is 3.09. The van der Waals surface area contributed by atoms with Crippen LogP contribution in [-0.4, -0.2) is 22.0 Å². The van der Waals surface area contributed by atoms with Crippen molar-refractivity contribution in [1.29, 1.82) is 0 Å². The van der Waals surface area contributed by atoms with E-state index in [2.05, 4.69) is 10.3 Å². The highest BCUT2D eigenvalue weighted by Gasteiger charge is 2.10. The Labute approximate surface area is 102 Å². The Morgan fingerprint density at radius 1 is 1.28 bits per heavy atom. The molecule has 6 heteroatoms. The van der Waals surface area contributed by atoms with E-state index in [0.29, 0.717) is 17.0 Å². The molecule has 92 valence electrons. The summed E-state index contributed by atoms with van der Waals surface area (Å²) in [5.41, 5.74) is 0.697. The van der Waals surface area contributed by atoms with Crippen molar-refractivity contribution >= 4 is 17.6 Å². The minimum Gasteiger partial charge on any atom is -0.478 e. The first-order chi connectivity index (χ1) is 8.56. The van der Waals surface area contributed by atoms with Crippen molar-refractivity contribution in [1.82, 2.24) is 4.98 Å². The lowest BCUT2D eigenvalue weighted by molar-refractivity contribution is 0.0696. The molecule has 0 bridgehead atoms. The number of nitrogens with zero attached hydrogens (tertiary/aromatic N) is 1. The molecule has 0 radical (unpaired) electrons. The number of aryl methyl sites for hydroxylation is 1. The average molecular weight is 246 g/mol. The summed E-state index contributed by atoms with van der Waals surface area (Å²) in [5.74, 6) is -0.855. The van der Waals surface area contributed by atoms with Gasteiger partial charge in [0.25, 0.3) is 5.91 Å². The summed E-state index contributed by atoms with van der Waals surface area (Å²) in [6.07, 6.45) is 3.91. The molecule has 0 unspecified atom stereocenters. The fourth-order valence-electron chi connectivity index (χ4n) is 1.39. The first-order valence-corrected chi connectivity index (χ1v) is 5.11. The summed E-state index contributed by atoms with van der Waals surface area (Å²) in [4.78, 5) is 26.2. The van der Waals surface area contributed by atoms with Crippen LogP contribution in [-0.2, 0) is 0 Å². The van der Waals surface area contributed by atoms with E-state index in [1.807, 2.05) is 0 Å². The van der Waals surface area contributed by atoms with Gasteiger partial charge in [-0.05, 0) is 19.1 Å². The number of carboxylic acids is 1. The highest BCUT2D eigenvalue weighted by Crippen LogP contribution is 2.12. The van der Waals surface area contributed by atoms with Gasteiger partial charge in [-0.2, -0.15) is 0 Å². The zero-order chi connectivity index (χ0) is 13.1. The van der Waals surface area contributed by atoms with E-state index in [9.17, 15) is 9.59 Å². The van der Waals surface area contributed by atoms with E-state index in [-0.39, 0.29) is 11.5 Å². The minimum absolute atomic E-state index is 0.0103. The van der Waals surface area contributed by atoms with Gasteiger partial charge >= 0.3 is 5.97 Å². The Hall–Kier alpha value is -2.63. The maximum absolute atomic E-state index is 11.8. The fourth-order valence-corrected chi connectivity index (χ4v) is 1.39. The molecule has 0 aliphatic rings. The highest BCUT2D eigenvalue weighted by atomic mass is 16.4. The van der Waals surface area contributed by atoms with Crippen LogP contribution in [0.3, 0.4) is 0 Å². The van der Waals surface area contributed by atoms with Crippen LogP contribution in [0, 0.1) is 6.92 Å². The second kappa shape index (κ2) is 4.70. The van der Waals surface area contributed by atoms with Gasteiger partial charge in [0.05, 0.1) is 23.0 Å². The summed E-state index contributed by atoms with van der Waals surface area (Å²) in [6.45, 7) is 1.73. The lowest BCUT2D eigenvalue weighted by Gasteiger charge is -2.03. The zero-order valence-corrected chi connectivity index (χ0v) is 9.51. The van der Waals surface area contributed by atoms with E-state index in [1.165, 1.54) is 24.7 Å². The van der Waals surface area contributed by atoms with Gasteiger partial charge in [0, 0.05) is 6.20 Å². The van der Waals surface area contributed by atoms with Gasteiger partial charge < -0.3 is 14.8 Å². The van der Waals surface area contributed by atoms with Crippen LogP contribution in [0.4, 0.5) is 5.69 Å². The van der Waals surface area contributed by atoms with Gasteiger partial charge in [-0.3, -0.25) is 9.78 Å². The van der Waals surface area contributed by atoms with Crippen LogP contribution in [0.5, 0.6) is 0 Å². The lowest BCUT2D eigenvalue weighted by atomic mass is 10.2. The maximum Gasteiger partial charge on any atom is 0.337 e. The van der Waals surface area contributed by atoms with Gasteiger partial charge in [0.2, 0.25) is 0 Å². The van der Waals surface area contributed by atoms with Crippen LogP contribution in [0.2, 0.25) is 0 Å². The molecular formula is C12H10N2O4. The van der Waals surface area contributed by atoms with Crippen molar-refractivity contribution in [2.75, 3.05) is 5.32 Å². The average Bonchev–Trinajstić information content (AvgIpc) is 2.76. The van der Waals surface area contributed by atoms with Crippen LogP contribution in [0.1, 0.15) is 26.5 Å². The third kappa shape index (κ3) is 2.54. The van der Waals surface area contributed by atoms with Gasteiger partial charge in [0.15, 0.2) is 0 Å². The molecular weight excluding hydrogens is 236 g/mol. The molecule has 2 N–H and O–H groups in total. The second-order valence-electron chi connectivity index (χ2n) is 3.67. The molecule has 0 fully saturated rings. The summed E-state index contributed by atoms with van der Waals surface area (Å²) in [6, 6.07) is 2.92. The molecule has 1 amide bonds. The van der Waals surface area contributed by atoms with Crippen molar-refractivity contribution in [2.24, 2.45) is 0 Å². The normalized spacial score (nSPS) is 10.1. The van der Waals surface area contributed by atoms with Crippen molar-refractivity contribution in [2.45, 2.75) is 6.92 Å². The summed E-state index contributed by atoms with van der Waals surface area (Å²) in [5, 5.41) is 11.3. The fraction of sp³-hybridized carbons (Fsp3) is 0.0833. The molecule has 2 rings (SSSR count). The molecule has 0 atom stereocenters. The first kappa shape index (κ1) is 11.8. The largest absolute Gasteiger partial charge is 0.478 e. The minimum atomic E-state index is -1.10. The number of carboxylic acid groups (broad SMARTS) is 1. The molecule has 0 aromatic carbocycles. The first-order valence-electron chi connectivity index (χ1n) is 5.11. The predicted molar refractivity (Wildman–Crippen MR) is 62.6 cm³/mol. The number of aromatic carboxylic acids is 1. The van der Waals surface area contributed by atoms with Crippen LogP contribution < -0.4 is 5.32 Å². The molecule has 2 aromatic rings. The molecule has 0 aliphatic heterocycles. The third-order valence-corrected chi connectivity index (χ3v) is 2.24. The number of anilines is 1. The molecule has 0 saturated carbocycles. The van der Waals surface area contributed by atoms with Gasteiger partial charge in [-0.15, -0.1) is 0 Å². The van der Waals surface area contributed by atoms with E-state index < -0.39 is 5.97 Å². The second-order valence-corrected chi connectivity index (χ2v) is 3.67. The Balaban J connectivity index is 2.16. The van der Waals surface area contributed by atoms with Crippen LogP contribution in [0.25, 0.3) is 0 Å². The molecule has 0 spiro atoms. The SMILES string of the molecule is Cc1cc(C(=O)Nc2cncc(C(=O)O)c2)co1. The molecule has 0 saturated heterocycles. The Morgan fingerprint density at radius 2 is 2.06 bits per heavy atom. The monoisotopic (exact) mass is 246 g/mol. The maximum atomic E-state index is 11.8. The smallest absolute Gasteiger partial charge is 0.337 e. The van der Waals surface area contributed by atoms with E-state index in [1.54, 1.807) is 13.0 Å². The van der Waals surface area contributed by atoms with Gasteiger partial charge in [-0.25, -0.2) is 4.79 Å². The van der Waals surface area contributed by atoms with E-state index in [0.717, 1.165) is 0 Å². The van der Waals surface area contributed by atoms with Crippen molar-refractivity contribution in [3.05, 3.63) is 47.7 Å². The van der Waals surface area contributed by atoms with E-state index in [4.69, 9.17) is 9.52 Å². The number of pyridine rings is 1. The number of hydrogen-bond acceptors (Lipinski definition) is 4. The zero-order valence-electron chi connectivity index (χ0n) is 9.51. The quantitative estimate of drug-likeness (QED) is 0.863. The number of carbonyl (C=O) groups excluding carboxylic acids is 1.